The van der Waals surface area contributed by atoms with E-state index in [-0.39, 0.29) is 46.0 Å². The van der Waals surface area contributed by atoms with Gasteiger partial charge < -0.3 is 57.5 Å². The van der Waals surface area contributed by atoms with Crippen molar-refractivity contribution in [2.24, 2.45) is 23.7 Å². The lowest BCUT2D eigenvalue weighted by molar-refractivity contribution is -0.255. The number of carbonyl (C=O) groups is 8. The zero-order valence-electron chi connectivity index (χ0n) is 71.1. The molecule has 0 unspecified atom stereocenters. The van der Waals surface area contributed by atoms with Crippen molar-refractivity contribution in [3.05, 3.63) is 213 Å². The third-order valence-corrected chi connectivity index (χ3v) is 29.3. The maximum absolute atomic E-state index is 14.1. The number of para-hydroxylation sites is 4. The molecule has 20 nitrogen and oxygen atoms in total. The highest BCUT2D eigenvalue weighted by Gasteiger charge is 2.56. The number of rotatable bonds is 0. The topological polar surface area (TPSA) is 223 Å². The second-order valence-corrected chi connectivity index (χ2v) is 38.1. The molecular formula is C100H116N4O16. The molecule has 0 atom stereocenters. The fraction of sp³-hybridized carbons (Fsp3) is 0.520. The number of ether oxygens (including phenoxy) is 8. The van der Waals surface area contributed by atoms with Crippen LogP contribution < -0.4 is 19.6 Å². The minimum atomic E-state index is -1.36. The summed E-state index contributed by atoms with van der Waals surface area (Å²) in [5.41, 5.74) is 10.6. The molecule has 632 valence electrons. The Morgan fingerprint density at radius 1 is 0.233 bits per heavy atom. The van der Waals surface area contributed by atoms with E-state index in [0.29, 0.717) is 103 Å². The van der Waals surface area contributed by atoms with Gasteiger partial charge in [0, 0.05) is 145 Å². The van der Waals surface area contributed by atoms with Crippen LogP contribution in [0.2, 0.25) is 0 Å². The quantitative estimate of drug-likeness (QED) is 0.0906. The van der Waals surface area contributed by atoms with Crippen LogP contribution in [0.15, 0.2) is 191 Å². The average Bonchev–Trinajstić information content (AvgIpc) is 1.69. The first-order chi connectivity index (χ1) is 57.6. The van der Waals surface area contributed by atoms with Crippen LogP contribution in [0.4, 0.5) is 22.7 Å². The number of fused-ring (bicyclic) bond motifs is 4. The molecule has 4 saturated carbocycles. The molecule has 21 aliphatic heterocycles. The second kappa shape index (κ2) is 32.3. The van der Waals surface area contributed by atoms with E-state index in [1.165, 1.54) is 0 Å². The number of hydrogen-bond donors (Lipinski definition) is 0. The molecular weight excluding hydrogens is 1510 g/mol. The van der Waals surface area contributed by atoms with Crippen molar-refractivity contribution in [1.82, 2.24) is 0 Å². The van der Waals surface area contributed by atoms with Crippen LogP contribution in [0.5, 0.6) is 0 Å². The Labute approximate surface area is 705 Å². The Morgan fingerprint density at radius 2 is 0.400 bits per heavy atom. The first-order valence-corrected chi connectivity index (χ1v) is 44.7. The van der Waals surface area contributed by atoms with Gasteiger partial charge in [-0.05, 0) is 196 Å². The summed E-state index contributed by atoms with van der Waals surface area (Å²) >= 11 is 0. The monoisotopic (exact) mass is 1630 g/mol. The zero-order valence-corrected chi connectivity index (χ0v) is 71.1. The number of allylic oxidation sites excluding steroid dienone is 12. The number of carbonyl (C=O) groups excluding carboxylic acids is 8. The Balaban J connectivity index is 0.571. The van der Waals surface area contributed by atoms with E-state index in [2.05, 4.69) is 124 Å². The number of anilines is 4. The summed E-state index contributed by atoms with van der Waals surface area (Å²) < 4.78 is 49.2. The SMILES string of the molecule is CC1(C)/C2=C/C=C3C(=O)OC4(CCC(CC4)C4CCC5(CC4)OC(=O)C(=C/C=C4\N(CCCCCCCCN6/C(=C\C=C7C(=O)OC8(CCC(CC8)C8CCC9(CC8)OC(=O)C(=C/C=C8\N(CCCCCCCCN2c2ccccc21)c1ccccc1C8(C)C)C(=O)O9)OC7=O)C(C)(C)c1ccccc16)c1ccccc1C4(C)C)C(=O)O5)OC3=O. The summed E-state index contributed by atoms with van der Waals surface area (Å²) in [5, 5.41) is 0. The van der Waals surface area contributed by atoms with Gasteiger partial charge >= 0.3 is 47.8 Å². The van der Waals surface area contributed by atoms with Gasteiger partial charge in [0.05, 0.1) is 0 Å². The van der Waals surface area contributed by atoms with Crippen LogP contribution >= 0.6 is 0 Å². The third-order valence-electron chi connectivity index (χ3n) is 29.3. The third kappa shape index (κ3) is 15.3. The summed E-state index contributed by atoms with van der Waals surface area (Å²) in [4.78, 5) is 122. The van der Waals surface area contributed by atoms with Crippen molar-refractivity contribution in [2.75, 3.05) is 45.8 Å². The highest BCUT2D eigenvalue weighted by molar-refractivity contribution is 6.17. The summed E-state index contributed by atoms with van der Waals surface area (Å²) in [6, 6.07) is 33.5. The number of hydrogen-bond acceptors (Lipinski definition) is 20. The lowest BCUT2D eigenvalue weighted by Crippen LogP contribution is -2.51. The number of benzene rings is 4. The van der Waals surface area contributed by atoms with Crippen LogP contribution in [0.25, 0.3) is 0 Å². The lowest BCUT2D eigenvalue weighted by Gasteiger charge is -2.46. The summed E-state index contributed by atoms with van der Waals surface area (Å²) in [7, 11) is 0. The molecule has 21 heterocycles. The Kier molecular flexibility index (Phi) is 22.1. The smallest absolute Gasteiger partial charge is 0.348 e. The zero-order chi connectivity index (χ0) is 83.7. The van der Waals surface area contributed by atoms with Crippen LogP contribution in [0, 0.1) is 23.7 Å². The molecule has 4 aromatic rings. The van der Waals surface area contributed by atoms with Gasteiger partial charge in [-0.2, -0.15) is 0 Å². The molecule has 29 rings (SSSR count). The molecule has 12 bridgehead atoms. The van der Waals surface area contributed by atoms with E-state index >= 15 is 0 Å². The molecule has 8 fully saturated rings. The molecule has 4 spiro atoms. The molecule has 4 aromatic carbocycles. The molecule has 120 heavy (non-hydrogen) atoms. The van der Waals surface area contributed by atoms with Crippen molar-refractivity contribution in [3.63, 3.8) is 0 Å². The minimum absolute atomic E-state index is 0.140. The van der Waals surface area contributed by atoms with Gasteiger partial charge in [0.1, 0.15) is 22.3 Å². The van der Waals surface area contributed by atoms with Crippen LogP contribution in [0.1, 0.15) is 257 Å². The molecule has 0 aromatic heterocycles. The maximum atomic E-state index is 14.1. The van der Waals surface area contributed by atoms with Crippen molar-refractivity contribution >= 4 is 70.5 Å². The second-order valence-electron chi connectivity index (χ2n) is 38.1. The first-order valence-electron chi connectivity index (χ1n) is 44.7. The maximum Gasteiger partial charge on any atom is 0.348 e. The largest absolute Gasteiger partial charge is 0.419 e. The Bertz CT molecular complexity index is 4330. The Hall–Kier alpha value is -10.2. The van der Waals surface area contributed by atoms with E-state index in [1.54, 1.807) is 24.3 Å². The van der Waals surface area contributed by atoms with E-state index in [1.807, 2.05) is 72.8 Å². The highest BCUT2D eigenvalue weighted by Crippen LogP contribution is 2.56. The van der Waals surface area contributed by atoms with Crippen LogP contribution in [-0.2, 0) is 97.9 Å². The van der Waals surface area contributed by atoms with E-state index in [0.717, 1.165) is 171 Å². The summed E-state index contributed by atoms with van der Waals surface area (Å²) in [6.07, 6.45) is 33.8. The molecule has 25 aliphatic rings. The van der Waals surface area contributed by atoms with Gasteiger partial charge in [0.15, 0.2) is 0 Å². The van der Waals surface area contributed by atoms with Crippen molar-refractivity contribution in [1.29, 1.82) is 0 Å². The van der Waals surface area contributed by atoms with Crippen LogP contribution in [0.3, 0.4) is 0 Å². The average molecular weight is 1630 g/mol. The molecule has 0 N–H and O–H groups in total. The predicted molar refractivity (Wildman–Crippen MR) is 455 cm³/mol. The van der Waals surface area contributed by atoms with Crippen molar-refractivity contribution in [2.45, 2.75) is 280 Å². The standard InChI is InChI=1S/C100H116N4O16/c1-93(2)73-29-17-21-33-77(73)101-61-25-13-9-10-14-26-62-102-78-34-22-18-30-74(78)94(3,4)82(102)42-38-70-87(107)117-99(118-88(70)108)57-49-67(50-58-99)68-51-59-100(60-52-68)119-91(111)72(92(112)120-100)40-44-84-96(7,8)76-32-20-24-36-80(76)104(84)64-28-16-12-11-15-27-63-103-79-35-23-19-31-75(79)95(5,6)83(103)43-39-71-89(109)115-98(116-90(71)110)55-47-66(48-56-98)65-45-53-97(54-46-65)113-85(105)69(86(106)114-97)37-41-81(93)101/h17-24,29-44,65-68H,9-16,25-28,45-64H2,1-8H3/b69-37?,70-38?,71-39?,72-40?,81-41-,82-42-,83-43-,84-44-. The van der Waals surface area contributed by atoms with E-state index < -0.39 is 92.6 Å². The molecule has 20 heteroatoms. The Morgan fingerprint density at radius 3 is 0.583 bits per heavy atom. The lowest BCUT2D eigenvalue weighted by atomic mass is 9.70. The fourth-order valence-electron chi connectivity index (χ4n) is 22.4. The van der Waals surface area contributed by atoms with Gasteiger partial charge in [-0.15, -0.1) is 0 Å². The molecule has 4 aliphatic carbocycles. The minimum Gasteiger partial charge on any atom is -0.419 e. The van der Waals surface area contributed by atoms with Gasteiger partial charge in [-0.3, -0.25) is 0 Å². The number of esters is 8. The fourth-order valence-corrected chi connectivity index (χ4v) is 22.4. The van der Waals surface area contributed by atoms with Gasteiger partial charge in [-0.25, -0.2) is 38.4 Å². The predicted octanol–water partition coefficient (Wildman–Crippen LogP) is 19.1. The van der Waals surface area contributed by atoms with Gasteiger partial charge in [-0.1, -0.05) is 180 Å². The first kappa shape index (κ1) is 82.1. The summed E-state index contributed by atoms with van der Waals surface area (Å²) in [5.74, 6) is -10.0. The van der Waals surface area contributed by atoms with Crippen molar-refractivity contribution in [3.8, 4) is 0 Å². The van der Waals surface area contributed by atoms with Gasteiger partial charge in [0.25, 0.3) is 23.1 Å². The number of nitrogens with zero attached hydrogens (tertiary/aromatic N) is 4. The van der Waals surface area contributed by atoms with Crippen molar-refractivity contribution < 1.29 is 76.3 Å². The summed E-state index contributed by atoms with van der Waals surface area (Å²) in [6.45, 7) is 20.3. The van der Waals surface area contributed by atoms with Gasteiger partial charge in [0.2, 0.25) is 0 Å². The van der Waals surface area contributed by atoms with E-state index in [4.69, 9.17) is 37.9 Å². The molecule has 4 saturated heterocycles. The molecule has 0 radical (unpaired) electrons. The molecule has 0 amide bonds. The normalized spacial score (nSPS) is 32.1. The van der Waals surface area contributed by atoms with E-state index in [9.17, 15) is 38.4 Å². The van der Waals surface area contributed by atoms with Crippen LogP contribution in [-0.4, -0.2) is 97.1 Å². The highest BCUT2D eigenvalue weighted by atomic mass is 16.8.